The Kier molecular flexibility index (Phi) is 4.03. The quantitative estimate of drug-likeness (QED) is 0.929. The lowest BCUT2D eigenvalue weighted by atomic mass is 9.95. The number of carbonyl (C=O) groups excluding carboxylic acids is 2. The number of carbonyl (C=O) groups is 2. The second-order valence-electron chi connectivity index (χ2n) is 6.49. The number of halogens is 1. The smallest absolute Gasteiger partial charge is 0.229 e. The summed E-state index contributed by atoms with van der Waals surface area (Å²) < 4.78 is 13.5. The van der Waals surface area contributed by atoms with Crippen molar-refractivity contribution < 1.29 is 14.0 Å². The number of anilines is 2. The number of rotatable bonds is 3. The largest absolute Gasteiger partial charge is 0.324 e. The molecule has 0 bridgehead atoms. The fourth-order valence-corrected chi connectivity index (χ4v) is 2.08. The zero-order valence-corrected chi connectivity index (χ0v) is 12.9. The minimum Gasteiger partial charge on any atom is -0.324 e. The molecule has 0 radical (unpaired) electrons. The average molecular weight is 292 g/mol. The van der Waals surface area contributed by atoms with E-state index in [2.05, 4.69) is 5.32 Å². The van der Waals surface area contributed by atoms with Crippen LogP contribution in [0.3, 0.4) is 0 Å². The molecule has 1 aliphatic rings. The van der Waals surface area contributed by atoms with Crippen LogP contribution in [0.2, 0.25) is 0 Å². The zero-order chi connectivity index (χ0) is 15.8. The molecule has 0 unspecified atom stereocenters. The summed E-state index contributed by atoms with van der Waals surface area (Å²) in [4.78, 5) is 25.6. The van der Waals surface area contributed by atoms with Crippen LogP contribution in [0, 0.1) is 11.2 Å². The van der Waals surface area contributed by atoms with Crippen molar-refractivity contribution in [2.45, 2.75) is 46.6 Å². The Morgan fingerprint density at radius 2 is 1.90 bits per heavy atom. The lowest BCUT2D eigenvalue weighted by Crippen LogP contribution is -2.33. The fraction of sp³-hybridized carbons (Fsp3) is 0.500. The Bertz CT molecular complexity index is 574. The van der Waals surface area contributed by atoms with Gasteiger partial charge in [0.2, 0.25) is 11.8 Å². The molecule has 0 spiro atoms. The van der Waals surface area contributed by atoms with Gasteiger partial charge in [-0.25, -0.2) is 4.39 Å². The van der Waals surface area contributed by atoms with Crippen molar-refractivity contribution >= 4 is 23.2 Å². The number of nitrogens with one attached hydrogen (secondary N) is 1. The van der Waals surface area contributed by atoms with Gasteiger partial charge in [-0.1, -0.05) is 20.8 Å². The number of nitrogens with zero attached hydrogens (tertiary/aromatic N) is 1. The van der Waals surface area contributed by atoms with Crippen LogP contribution in [0.25, 0.3) is 0 Å². The highest BCUT2D eigenvalue weighted by molar-refractivity contribution is 6.02. The van der Waals surface area contributed by atoms with E-state index in [-0.39, 0.29) is 17.9 Å². The molecular formula is C16H21FN2O2. The van der Waals surface area contributed by atoms with Crippen LogP contribution in [-0.4, -0.2) is 17.9 Å². The summed E-state index contributed by atoms with van der Waals surface area (Å²) in [5, 5.41) is 2.74. The second-order valence-corrected chi connectivity index (χ2v) is 6.49. The highest BCUT2D eigenvalue weighted by Gasteiger charge is 2.34. The summed E-state index contributed by atoms with van der Waals surface area (Å²) >= 11 is 0. The lowest BCUT2D eigenvalue weighted by molar-refractivity contribution is -0.123. The summed E-state index contributed by atoms with van der Waals surface area (Å²) in [6.07, 6.45) is 1.87. The predicted molar refractivity (Wildman–Crippen MR) is 80.7 cm³/mol. The molecule has 2 amide bonds. The third-order valence-electron chi connectivity index (χ3n) is 3.40. The predicted octanol–water partition coefficient (Wildman–Crippen LogP) is 3.33. The van der Waals surface area contributed by atoms with E-state index < -0.39 is 11.2 Å². The van der Waals surface area contributed by atoms with Crippen LogP contribution < -0.4 is 10.2 Å². The van der Waals surface area contributed by atoms with Crippen LogP contribution >= 0.6 is 0 Å². The molecule has 4 nitrogen and oxygen atoms in total. The Morgan fingerprint density at radius 1 is 1.29 bits per heavy atom. The third-order valence-corrected chi connectivity index (χ3v) is 3.40. The summed E-state index contributed by atoms with van der Waals surface area (Å²) in [5.41, 5.74) is 0.311. The molecule has 1 fully saturated rings. The van der Waals surface area contributed by atoms with Gasteiger partial charge in [-0.15, -0.1) is 0 Å². The molecule has 1 aromatic carbocycles. The minimum absolute atomic E-state index is 0.102. The SMILES string of the molecule is CC(=O)N(c1ccc(F)cc1NC(=O)C(C)(C)C)C1CC1. The molecule has 1 aromatic rings. The monoisotopic (exact) mass is 292 g/mol. The number of amides is 2. The Balaban J connectivity index is 2.37. The van der Waals surface area contributed by atoms with Gasteiger partial charge in [-0.2, -0.15) is 0 Å². The Hall–Kier alpha value is -1.91. The van der Waals surface area contributed by atoms with Gasteiger partial charge in [0, 0.05) is 18.4 Å². The van der Waals surface area contributed by atoms with E-state index in [1.165, 1.54) is 19.1 Å². The molecule has 2 rings (SSSR count). The molecule has 1 N–H and O–H groups in total. The molecule has 1 aliphatic carbocycles. The molecule has 0 heterocycles. The maximum atomic E-state index is 13.5. The van der Waals surface area contributed by atoms with Crippen molar-refractivity contribution in [3.05, 3.63) is 24.0 Å². The van der Waals surface area contributed by atoms with E-state index in [0.29, 0.717) is 11.4 Å². The lowest BCUT2D eigenvalue weighted by Gasteiger charge is -2.25. The normalized spacial score (nSPS) is 14.7. The van der Waals surface area contributed by atoms with Crippen LogP contribution in [0.1, 0.15) is 40.5 Å². The minimum atomic E-state index is -0.593. The molecule has 5 heteroatoms. The van der Waals surface area contributed by atoms with E-state index in [1.807, 2.05) is 0 Å². The number of hydrogen-bond acceptors (Lipinski definition) is 2. The standard InChI is InChI=1S/C16H21FN2O2/c1-10(20)19(12-6-7-12)14-8-5-11(17)9-13(14)18-15(21)16(2,3)4/h5,8-9,12H,6-7H2,1-4H3,(H,18,21). The van der Waals surface area contributed by atoms with Gasteiger partial charge in [-0.3, -0.25) is 9.59 Å². The van der Waals surface area contributed by atoms with Crippen molar-refractivity contribution in [1.82, 2.24) is 0 Å². The van der Waals surface area contributed by atoms with Gasteiger partial charge in [0.1, 0.15) is 5.82 Å². The van der Waals surface area contributed by atoms with Crippen molar-refractivity contribution in [1.29, 1.82) is 0 Å². The fourth-order valence-electron chi connectivity index (χ4n) is 2.08. The summed E-state index contributed by atoms with van der Waals surface area (Å²) in [7, 11) is 0. The maximum absolute atomic E-state index is 13.5. The first kappa shape index (κ1) is 15.5. The van der Waals surface area contributed by atoms with Crippen LogP contribution in [0.4, 0.5) is 15.8 Å². The van der Waals surface area contributed by atoms with E-state index in [9.17, 15) is 14.0 Å². The van der Waals surface area contributed by atoms with Crippen molar-refractivity contribution in [3.8, 4) is 0 Å². The first-order valence-electron chi connectivity index (χ1n) is 7.11. The van der Waals surface area contributed by atoms with E-state index >= 15 is 0 Å². The van der Waals surface area contributed by atoms with Gasteiger partial charge in [-0.05, 0) is 31.0 Å². The Labute approximate surface area is 124 Å². The molecular weight excluding hydrogens is 271 g/mol. The summed E-state index contributed by atoms with van der Waals surface area (Å²) in [6, 6.07) is 4.27. The second kappa shape index (κ2) is 5.47. The molecule has 0 atom stereocenters. The van der Waals surface area contributed by atoms with Crippen LogP contribution in [0.15, 0.2) is 18.2 Å². The average Bonchev–Trinajstić information content (AvgIpc) is 3.15. The Morgan fingerprint density at radius 3 is 2.38 bits per heavy atom. The van der Waals surface area contributed by atoms with Crippen molar-refractivity contribution in [2.24, 2.45) is 5.41 Å². The zero-order valence-electron chi connectivity index (χ0n) is 12.9. The topological polar surface area (TPSA) is 49.4 Å². The van der Waals surface area contributed by atoms with E-state index in [0.717, 1.165) is 12.8 Å². The van der Waals surface area contributed by atoms with Gasteiger partial charge in [0.25, 0.3) is 0 Å². The molecule has 114 valence electrons. The number of benzene rings is 1. The first-order chi connectivity index (χ1) is 9.70. The number of hydrogen-bond donors (Lipinski definition) is 1. The van der Waals surface area contributed by atoms with Crippen molar-refractivity contribution in [3.63, 3.8) is 0 Å². The highest BCUT2D eigenvalue weighted by Crippen LogP contribution is 2.37. The van der Waals surface area contributed by atoms with Gasteiger partial charge >= 0.3 is 0 Å². The van der Waals surface area contributed by atoms with Crippen LogP contribution in [0.5, 0.6) is 0 Å². The van der Waals surface area contributed by atoms with Crippen LogP contribution in [-0.2, 0) is 9.59 Å². The van der Waals surface area contributed by atoms with E-state index in [4.69, 9.17) is 0 Å². The van der Waals surface area contributed by atoms with E-state index in [1.54, 1.807) is 31.7 Å². The first-order valence-corrected chi connectivity index (χ1v) is 7.11. The van der Waals surface area contributed by atoms with Gasteiger partial charge < -0.3 is 10.2 Å². The maximum Gasteiger partial charge on any atom is 0.229 e. The molecule has 0 aromatic heterocycles. The van der Waals surface area contributed by atoms with Crippen molar-refractivity contribution in [2.75, 3.05) is 10.2 Å². The third kappa shape index (κ3) is 3.60. The highest BCUT2D eigenvalue weighted by atomic mass is 19.1. The van der Waals surface area contributed by atoms with Gasteiger partial charge in [0.05, 0.1) is 11.4 Å². The molecule has 21 heavy (non-hydrogen) atoms. The molecule has 0 aliphatic heterocycles. The molecule has 1 saturated carbocycles. The van der Waals surface area contributed by atoms with Gasteiger partial charge in [0.15, 0.2) is 0 Å². The molecule has 0 saturated heterocycles. The summed E-state index contributed by atoms with van der Waals surface area (Å²) in [5.74, 6) is -0.758. The summed E-state index contributed by atoms with van der Waals surface area (Å²) in [6.45, 7) is 6.83.